The summed E-state index contributed by atoms with van der Waals surface area (Å²) in [5, 5.41) is 21.3. The molecule has 2 N–H and O–H groups in total. The summed E-state index contributed by atoms with van der Waals surface area (Å²) in [6.07, 6.45) is 0.735. The van der Waals surface area contributed by atoms with E-state index in [0.717, 1.165) is 16.7 Å². The maximum Gasteiger partial charge on any atom is 0.248 e. The van der Waals surface area contributed by atoms with Crippen LogP contribution in [-0.4, -0.2) is 59.3 Å². The first kappa shape index (κ1) is 28.9. The molecule has 3 aromatic rings. The van der Waals surface area contributed by atoms with Gasteiger partial charge in [0.25, 0.3) is 0 Å². The molecule has 0 aromatic heterocycles. The number of ether oxygens (including phenoxy) is 2. The van der Waals surface area contributed by atoms with Gasteiger partial charge in [-0.3, -0.25) is 9.59 Å². The number of methoxy groups -OCH3 is 1. The second-order valence-corrected chi connectivity index (χ2v) is 11.4. The van der Waals surface area contributed by atoms with Gasteiger partial charge in [-0.2, -0.15) is 0 Å². The highest BCUT2D eigenvalue weighted by Gasteiger charge is 2.45. The van der Waals surface area contributed by atoms with Gasteiger partial charge in [0.15, 0.2) is 11.5 Å². The molecule has 41 heavy (non-hydrogen) atoms. The van der Waals surface area contributed by atoms with Crippen molar-refractivity contribution < 1.29 is 29.3 Å². The number of nitrogens with zero attached hydrogens (tertiary/aromatic N) is 2. The molecule has 2 aliphatic heterocycles. The first-order chi connectivity index (χ1) is 19.5. The average molecular weight is 579 g/mol. The van der Waals surface area contributed by atoms with E-state index in [1.54, 1.807) is 43.2 Å². The van der Waals surface area contributed by atoms with Crippen LogP contribution in [0.1, 0.15) is 55.5 Å². The summed E-state index contributed by atoms with van der Waals surface area (Å²) >= 11 is 6.22. The molecule has 0 saturated carbocycles. The van der Waals surface area contributed by atoms with Crippen molar-refractivity contribution in [2.24, 2.45) is 0 Å². The number of fused-ring (bicyclic) bond motifs is 1. The lowest BCUT2D eigenvalue weighted by Gasteiger charge is -2.48. The quantitative estimate of drug-likeness (QED) is 0.405. The Kier molecular flexibility index (Phi) is 8.01. The molecule has 0 radical (unpaired) electrons. The maximum absolute atomic E-state index is 13.8. The molecule has 2 unspecified atom stereocenters. The number of rotatable bonds is 8. The Bertz CT molecular complexity index is 1440. The number of anilines is 1. The highest BCUT2D eigenvalue weighted by Crippen LogP contribution is 2.44. The van der Waals surface area contributed by atoms with Crippen molar-refractivity contribution >= 4 is 29.1 Å². The van der Waals surface area contributed by atoms with Crippen LogP contribution in [-0.2, 0) is 21.6 Å². The molecule has 2 aliphatic rings. The van der Waals surface area contributed by atoms with Crippen LogP contribution in [0.3, 0.4) is 0 Å². The minimum absolute atomic E-state index is 0.0724. The number of carbonyl (C=O) groups is 2. The third kappa shape index (κ3) is 5.39. The average Bonchev–Trinajstić information content (AvgIpc) is 2.91. The van der Waals surface area contributed by atoms with E-state index < -0.39 is 30.2 Å². The Hall–Kier alpha value is -3.59. The Morgan fingerprint density at radius 2 is 1.78 bits per heavy atom. The summed E-state index contributed by atoms with van der Waals surface area (Å²) in [6, 6.07) is 17.6. The van der Waals surface area contributed by atoms with Crippen LogP contribution in [0.5, 0.6) is 11.5 Å². The molecular weight excluding hydrogens is 544 g/mol. The second kappa shape index (κ2) is 11.4. The molecule has 3 aromatic carbocycles. The van der Waals surface area contributed by atoms with Crippen molar-refractivity contribution in [3.05, 3.63) is 87.9 Å². The second-order valence-electron chi connectivity index (χ2n) is 11.0. The standard InChI is InChI=1S/C32H35ClN2O6/c1-19(2)41-27-17-25-21(15-26(27)40-4)16-29(37)35(31(25)20-5-9-23(33)10-6-20)24-11-7-22(8-12-24)32(3,39)28-13-14-34(28)30(38)18-36/h5-12,15,17,19,28,31,36,39H,13-14,16,18H2,1-4H3/t28?,31-,32?/m0/s1. The number of benzene rings is 3. The van der Waals surface area contributed by atoms with Crippen molar-refractivity contribution in [2.75, 3.05) is 25.2 Å². The topological polar surface area (TPSA) is 99.5 Å². The molecule has 2 amide bonds. The molecular formula is C32H35ClN2O6. The maximum atomic E-state index is 13.8. The van der Waals surface area contributed by atoms with Gasteiger partial charge in [0.05, 0.1) is 31.7 Å². The van der Waals surface area contributed by atoms with Crippen LogP contribution in [0.4, 0.5) is 5.69 Å². The number of likely N-dealkylation sites (tertiary alicyclic amines) is 1. The smallest absolute Gasteiger partial charge is 0.248 e. The van der Waals surface area contributed by atoms with Gasteiger partial charge in [-0.25, -0.2) is 0 Å². The fourth-order valence-electron chi connectivity index (χ4n) is 5.84. The fraction of sp³-hybridized carbons (Fsp3) is 0.375. The monoisotopic (exact) mass is 578 g/mol. The van der Waals surface area contributed by atoms with E-state index in [1.165, 1.54) is 4.90 Å². The lowest BCUT2D eigenvalue weighted by atomic mass is 9.80. The Morgan fingerprint density at radius 1 is 1.10 bits per heavy atom. The van der Waals surface area contributed by atoms with Gasteiger partial charge in [0.1, 0.15) is 12.2 Å². The first-order valence-electron chi connectivity index (χ1n) is 13.7. The molecule has 0 bridgehead atoms. The number of aliphatic hydroxyl groups is 2. The van der Waals surface area contributed by atoms with E-state index in [-0.39, 0.29) is 18.4 Å². The molecule has 1 fully saturated rings. The highest BCUT2D eigenvalue weighted by molar-refractivity contribution is 6.30. The lowest BCUT2D eigenvalue weighted by molar-refractivity contribution is -0.155. The summed E-state index contributed by atoms with van der Waals surface area (Å²) in [7, 11) is 1.58. The van der Waals surface area contributed by atoms with Gasteiger partial charge in [0, 0.05) is 17.3 Å². The number of halogens is 1. The van der Waals surface area contributed by atoms with Gasteiger partial charge < -0.3 is 29.5 Å². The van der Waals surface area contributed by atoms with Crippen LogP contribution in [0.25, 0.3) is 0 Å². The molecule has 8 nitrogen and oxygen atoms in total. The van der Waals surface area contributed by atoms with Crippen molar-refractivity contribution in [3.63, 3.8) is 0 Å². The molecule has 2 heterocycles. The van der Waals surface area contributed by atoms with Gasteiger partial charge in [-0.05, 0) is 85.8 Å². The Labute approximate surface area is 245 Å². The summed E-state index contributed by atoms with van der Waals surface area (Å²) < 4.78 is 11.7. The van der Waals surface area contributed by atoms with Gasteiger partial charge in [0.2, 0.25) is 11.8 Å². The molecule has 3 atom stereocenters. The van der Waals surface area contributed by atoms with Crippen LogP contribution in [0, 0.1) is 0 Å². The third-order valence-corrected chi connectivity index (χ3v) is 8.24. The number of aliphatic hydroxyl groups excluding tert-OH is 1. The summed E-state index contributed by atoms with van der Waals surface area (Å²) in [5.41, 5.74) is 2.62. The van der Waals surface area contributed by atoms with Crippen molar-refractivity contribution in [3.8, 4) is 11.5 Å². The highest BCUT2D eigenvalue weighted by atomic mass is 35.5. The molecule has 9 heteroatoms. The van der Waals surface area contributed by atoms with Crippen molar-refractivity contribution in [1.29, 1.82) is 0 Å². The minimum atomic E-state index is -1.32. The predicted molar refractivity (Wildman–Crippen MR) is 156 cm³/mol. The van der Waals surface area contributed by atoms with Crippen molar-refractivity contribution in [1.82, 2.24) is 4.90 Å². The van der Waals surface area contributed by atoms with E-state index in [9.17, 15) is 19.8 Å². The van der Waals surface area contributed by atoms with Gasteiger partial charge >= 0.3 is 0 Å². The predicted octanol–water partition coefficient (Wildman–Crippen LogP) is 4.62. The zero-order valence-electron chi connectivity index (χ0n) is 23.6. The third-order valence-electron chi connectivity index (χ3n) is 7.99. The molecule has 0 aliphatic carbocycles. The van der Waals surface area contributed by atoms with Crippen molar-refractivity contribution in [2.45, 2.75) is 57.4 Å². The fourth-order valence-corrected chi connectivity index (χ4v) is 5.97. The molecule has 0 spiro atoms. The zero-order chi connectivity index (χ0) is 29.5. The normalized spacial score (nSPS) is 19.9. The molecule has 1 saturated heterocycles. The van der Waals surface area contributed by atoms with E-state index in [0.29, 0.717) is 40.7 Å². The largest absolute Gasteiger partial charge is 0.493 e. The summed E-state index contributed by atoms with van der Waals surface area (Å²) in [6.45, 7) is 5.47. The van der Waals surface area contributed by atoms with Crippen LogP contribution < -0.4 is 14.4 Å². The first-order valence-corrected chi connectivity index (χ1v) is 14.1. The summed E-state index contributed by atoms with van der Waals surface area (Å²) in [4.78, 5) is 29.1. The number of amides is 2. The van der Waals surface area contributed by atoms with E-state index in [2.05, 4.69) is 0 Å². The van der Waals surface area contributed by atoms with Gasteiger partial charge in [-0.15, -0.1) is 0 Å². The Balaban J connectivity index is 1.56. The number of carbonyl (C=O) groups excluding carboxylic acids is 2. The lowest BCUT2D eigenvalue weighted by Crippen LogP contribution is -2.60. The minimum Gasteiger partial charge on any atom is -0.493 e. The van der Waals surface area contributed by atoms with E-state index in [1.807, 2.05) is 50.2 Å². The van der Waals surface area contributed by atoms with E-state index in [4.69, 9.17) is 21.1 Å². The molecule has 216 valence electrons. The van der Waals surface area contributed by atoms with Crippen LogP contribution in [0.15, 0.2) is 60.7 Å². The molecule has 5 rings (SSSR count). The van der Waals surface area contributed by atoms with E-state index >= 15 is 0 Å². The SMILES string of the molecule is COc1cc2c(cc1OC(C)C)[C@H](c1ccc(Cl)cc1)N(c1ccc(C(C)(O)C3CCN3C(=O)CO)cc1)C(=O)C2. The van der Waals surface area contributed by atoms with Gasteiger partial charge in [-0.1, -0.05) is 35.9 Å². The number of hydrogen-bond acceptors (Lipinski definition) is 6. The van der Waals surface area contributed by atoms with Crippen LogP contribution in [0.2, 0.25) is 5.02 Å². The Morgan fingerprint density at radius 3 is 2.34 bits per heavy atom. The zero-order valence-corrected chi connectivity index (χ0v) is 24.4. The number of hydrogen-bond donors (Lipinski definition) is 2. The van der Waals surface area contributed by atoms with Crippen LogP contribution >= 0.6 is 11.6 Å². The summed E-state index contributed by atoms with van der Waals surface area (Å²) in [5.74, 6) is 0.683.